The van der Waals surface area contributed by atoms with Crippen LogP contribution >= 0.6 is 0 Å². The maximum atomic E-state index is 12.8. The second-order valence-electron chi connectivity index (χ2n) is 7.31. The molecule has 3 heterocycles. The van der Waals surface area contributed by atoms with E-state index in [-0.39, 0.29) is 5.91 Å². The van der Waals surface area contributed by atoms with Gasteiger partial charge in [0.05, 0.1) is 0 Å². The minimum atomic E-state index is 0.131. The van der Waals surface area contributed by atoms with Gasteiger partial charge in [0.1, 0.15) is 0 Å². The van der Waals surface area contributed by atoms with Crippen LogP contribution < -0.4 is 5.32 Å². The van der Waals surface area contributed by atoms with E-state index in [1.165, 1.54) is 44.9 Å². The molecular formula is C17H26N4O. The van der Waals surface area contributed by atoms with Crippen molar-refractivity contribution in [3.8, 4) is 0 Å². The Balaban J connectivity index is 1.45. The Kier molecular flexibility index (Phi) is 3.68. The molecule has 22 heavy (non-hydrogen) atoms. The molecule has 0 atom stereocenters. The third kappa shape index (κ3) is 2.45. The molecule has 2 fully saturated rings. The van der Waals surface area contributed by atoms with Crippen LogP contribution in [0.25, 0.3) is 0 Å². The van der Waals surface area contributed by atoms with Crippen LogP contribution in [0.2, 0.25) is 0 Å². The third-order valence-corrected chi connectivity index (χ3v) is 6.03. The zero-order chi connectivity index (χ0) is 15.0. The summed E-state index contributed by atoms with van der Waals surface area (Å²) in [6.07, 6.45) is 10.2. The Morgan fingerprint density at radius 1 is 1.09 bits per heavy atom. The second-order valence-corrected chi connectivity index (χ2v) is 7.31. The predicted octanol–water partition coefficient (Wildman–Crippen LogP) is 2.24. The molecule has 0 bridgehead atoms. The number of hydrogen-bond acceptors (Lipinski definition) is 3. The summed E-state index contributed by atoms with van der Waals surface area (Å²) >= 11 is 0. The summed E-state index contributed by atoms with van der Waals surface area (Å²) in [5.41, 5.74) is 3.43. The van der Waals surface area contributed by atoms with Gasteiger partial charge < -0.3 is 10.2 Å². The number of aromatic amines is 1. The SMILES string of the molecule is O=C(c1n[nH]c2c1CNCC2)N1CCC2(CCCCC2)CC1. The molecule has 1 spiro atoms. The number of piperidine rings is 1. The Morgan fingerprint density at radius 3 is 2.64 bits per heavy atom. The number of H-pyrrole nitrogens is 1. The normalized spacial score (nSPS) is 24.3. The van der Waals surface area contributed by atoms with E-state index in [2.05, 4.69) is 15.5 Å². The van der Waals surface area contributed by atoms with Crippen LogP contribution in [0.3, 0.4) is 0 Å². The highest BCUT2D eigenvalue weighted by molar-refractivity contribution is 5.94. The summed E-state index contributed by atoms with van der Waals surface area (Å²) in [6, 6.07) is 0. The molecule has 2 N–H and O–H groups in total. The summed E-state index contributed by atoms with van der Waals surface area (Å²) < 4.78 is 0. The van der Waals surface area contributed by atoms with E-state index in [4.69, 9.17) is 0 Å². The van der Waals surface area contributed by atoms with E-state index < -0.39 is 0 Å². The topological polar surface area (TPSA) is 61.0 Å². The van der Waals surface area contributed by atoms with Gasteiger partial charge >= 0.3 is 0 Å². The van der Waals surface area contributed by atoms with Crippen LogP contribution in [0.5, 0.6) is 0 Å². The van der Waals surface area contributed by atoms with Gasteiger partial charge in [0, 0.05) is 43.9 Å². The molecule has 0 radical (unpaired) electrons. The highest BCUT2D eigenvalue weighted by Gasteiger charge is 2.37. The van der Waals surface area contributed by atoms with E-state index in [0.717, 1.165) is 43.9 Å². The number of nitrogens with one attached hydrogen (secondary N) is 2. The molecule has 5 nitrogen and oxygen atoms in total. The molecule has 1 aromatic rings. The summed E-state index contributed by atoms with van der Waals surface area (Å²) in [7, 11) is 0. The van der Waals surface area contributed by atoms with E-state index in [1.54, 1.807) is 0 Å². The van der Waals surface area contributed by atoms with Gasteiger partial charge in [-0.15, -0.1) is 0 Å². The van der Waals surface area contributed by atoms with Crippen molar-refractivity contribution in [1.82, 2.24) is 20.4 Å². The standard InChI is InChI=1S/C17H26N4O/c22-16(15-13-12-18-9-4-14(13)19-20-15)21-10-7-17(8-11-21)5-2-1-3-6-17/h18H,1-12H2,(H,19,20). The minimum absolute atomic E-state index is 0.131. The van der Waals surface area contributed by atoms with Gasteiger partial charge in [0.2, 0.25) is 0 Å². The summed E-state index contributed by atoms with van der Waals surface area (Å²) in [6.45, 7) is 3.56. The number of rotatable bonds is 1. The van der Waals surface area contributed by atoms with Crippen LogP contribution in [-0.2, 0) is 13.0 Å². The first-order chi connectivity index (χ1) is 10.8. The van der Waals surface area contributed by atoms with Gasteiger partial charge in [-0.3, -0.25) is 9.89 Å². The number of hydrogen-bond donors (Lipinski definition) is 2. The summed E-state index contributed by atoms with van der Waals surface area (Å²) in [4.78, 5) is 14.9. The lowest BCUT2D eigenvalue weighted by molar-refractivity contribution is 0.0466. The van der Waals surface area contributed by atoms with Gasteiger partial charge in [-0.1, -0.05) is 19.3 Å². The number of nitrogens with zero attached hydrogens (tertiary/aromatic N) is 2. The Morgan fingerprint density at radius 2 is 1.86 bits per heavy atom. The first-order valence-corrected chi connectivity index (χ1v) is 8.84. The molecule has 4 rings (SSSR count). The van der Waals surface area contributed by atoms with Crippen molar-refractivity contribution < 1.29 is 4.79 Å². The fourth-order valence-electron chi connectivity index (χ4n) is 4.54. The molecule has 120 valence electrons. The van der Waals surface area contributed by atoms with Crippen LogP contribution in [0.4, 0.5) is 0 Å². The van der Waals surface area contributed by atoms with Crippen LogP contribution in [0, 0.1) is 5.41 Å². The Bertz CT molecular complexity index is 549. The Hall–Kier alpha value is -1.36. The monoisotopic (exact) mass is 302 g/mol. The van der Waals surface area contributed by atoms with E-state index in [1.807, 2.05) is 4.90 Å². The maximum Gasteiger partial charge on any atom is 0.274 e. The third-order valence-electron chi connectivity index (χ3n) is 6.03. The Labute approximate surface area is 131 Å². The number of amides is 1. The molecule has 0 unspecified atom stereocenters. The largest absolute Gasteiger partial charge is 0.337 e. The molecule has 1 saturated heterocycles. The molecule has 5 heteroatoms. The molecule has 1 aliphatic carbocycles. The minimum Gasteiger partial charge on any atom is -0.337 e. The van der Waals surface area contributed by atoms with Crippen LogP contribution in [0.15, 0.2) is 0 Å². The number of aromatic nitrogens is 2. The van der Waals surface area contributed by atoms with Crippen molar-refractivity contribution in [2.45, 2.75) is 57.9 Å². The van der Waals surface area contributed by atoms with E-state index in [0.29, 0.717) is 11.1 Å². The van der Waals surface area contributed by atoms with Crippen molar-refractivity contribution in [2.24, 2.45) is 5.41 Å². The smallest absolute Gasteiger partial charge is 0.274 e. The number of likely N-dealkylation sites (tertiary alicyclic amines) is 1. The fourth-order valence-corrected chi connectivity index (χ4v) is 4.54. The molecule has 0 aromatic carbocycles. The van der Waals surface area contributed by atoms with Gasteiger partial charge in [-0.05, 0) is 31.1 Å². The molecule has 2 aliphatic heterocycles. The summed E-state index contributed by atoms with van der Waals surface area (Å²) in [5.74, 6) is 0.131. The van der Waals surface area contributed by atoms with Gasteiger partial charge in [-0.25, -0.2) is 0 Å². The molecule has 3 aliphatic rings. The molecule has 1 saturated carbocycles. The average Bonchev–Trinajstić information content (AvgIpc) is 3.00. The van der Waals surface area contributed by atoms with E-state index >= 15 is 0 Å². The molecule has 1 amide bonds. The maximum absolute atomic E-state index is 12.8. The van der Waals surface area contributed by atoms with Crippen molar-refractivity contribution in [2.75, 3.05) is 19.6 Å². The number of carbonyl (C=O) groups is 1. The van der Waals surface area contributed by atoms with Gasteiger partial charge in [-0.2, -0.15) is 5.10 Å². The zero-order valence-electron chi connectivity index (χ0n) is 13.3. The lowest BCUT2D eigenvalue weighted by Crippen LogP contribution is -2.44. The van der Waals surface area contributed by atoms with Crippen molar-refractivity contribution >= 4 is 5.91 Å². The fraction of sp³-hybridized carbons (Fsp3) is 0.765. The van der Waals surface area contributed by atoms with Crippen molar-refractivity contribution in [3.63, 3.8) is 0 Å². The van der Waals surface area contributed by atoms with Crippen LogP contribution in [-0.4, -0.2) is 40.6 Å². The predicted molar refractivity (Wildman–Crippen MR) is 84.7 cm³/mol. The first kappa shape index (κ1) is 14.2. The van der Waals surface area contributed by atoms with Crippen LogP contribution in [0.1, 0.15) is 66.7 Å². The average molecular weight is 302 g/mol. The zero-order valence-corrected chi connectivity index (χ0v) is 13.3. The molecular weight excluding hydrogens is 276 g/mol. The van der Waals surface area contributed by atoms with Gasteiger partial charge in [0.15, 0.2) is 5.69 Å². The lowest BCUT2D eigenvalue weighted by atomic mass is 9.68. The van der Waals surface area contributed by atoms with Crippen molar-refractivity contribution in [3.05, 3.63) is 17.0 Å². The van der Waals surface area contributed by atoms with Gasteiger partial charge in [0.25, 0.3) is 5.91 Å². The highest BCUT2D eigenvalue weighted by atomic mass is 16.2. The number of carbonyl (C=O) groups excluding carboxylic acids is 1. The molecule has 1 aromatic heterocycles. The number of fused-ring (bicyclic) bond motifs is 1. The quantitative estimate of drug-likeness (QED) is 0.836. The summed E-state index contributed by atoms with van der Waals surface area (Å²) in [5, 5.41) is 10.7. The lowest BCUT2D eigenvalue weighted by Gasteiger charge is -2.44. The first-order valence-electron chi connectivity index (χ1n) is 8.84. The van der Waals surface area contributed by atoms with E-state index in [9.17, 15) is 4.79 Å². The highest BCUT2D eigenvalue weighted by Crippen LogP contribution is 2.44. The second kappa shape index (κ2) is 5.69. The van der Waals surface area contributed by atoms with Crippen molar-refractivity contribution in [1.29, 1.82) is 0 Å².